The number of carbonyl (C=O) groups excluding carboxylic acids is 1. The Bertz CT molecular complexity index is 781. The number of aliphatic hydroxyl groups excluding tert-OH is 1. The first-order chi connectivity index (χ1) is 11.2. The van der Waals surface area contributed by atoms with Crippen LogP contribution in [-0.4, -0.2) is 23.9 Å². The van der Waals surface area contributed by atoms with E-state index in [1.54, 1.807) is 36.4 Å². The average molecular weight is 309 g/mol. The zero-order valence-electron chi connectivity index (χ0n) is 12.5. The molecule has 23 heavy (non-hydrogen) atoms. The van der Waals surface area contributed by atoms with Crippen LogP contribution in [0.1, 0.15) is 22.8 Å². The lowest BCUT2D eigenvalue weighted by molar-refractivity contribution is -0.129. The zero-order valence-corrected chi connectivity index (χ0v) is 12.5. The molecule has 0 amide bonds. The summed E-state index contributed by atoms with van der Waals surface area (Å²) in [5.74, 6) is -0.328. The molecule has 1 aliphatic carbocycles. The van der Waals surface area contributed by atoms with Gasteiger partial charge in [-0.2, -0.15) is 0 Å². The number of esters is 1. The van der Waals surface area contributed by atoms with Crippen LogP contribution >= 0.6 is 0 Å². The lowest BCUT2D eigenvalue weighted by Gasteiger charge is -2.08. The predicted molar refractivity (Wildman–Crippen MR) is 85.5 cm³/mol. The van der Waals surface area contributed by atoms with Crippen LogP contribution in [0, 0.1) is 0 Å². The first-order valence-electron chi connectivity index (χ1n) is 7.08. The van der Waals surface area contributed by atoms with Gasteiger partial charge in [-0.3, -0.25) is 0 Å². The van der Waals surface area contributed by atoms with Crippen LogP contribution in [0.4, 0.5) is 0 Å². The molecule has 0 aliphatic heterocycles. The monoisotopic (exact) mass is 309 g/mol. The van der Waals surface area contributed by atoms with E-state index in [-0.39, 0.29) is 5.71 Å². The number of hydrogen-bond acceptors (Lipinski definition) is 5. The van der Waals surface area contributed by atoms with E-state index in [2.05, 4.69) is 5.16 Å². The zero-order chi connectivity index (χ0) is 16.2. The molecule has 0 saturated carbocycles. The molecule has 0 spiro atoms. The number of carbonyl (C=O) groups is 1. The van der Waals surface area contributed by atoms with Crippen molar-refractivity contribution in [2.24, 2.45) is 5.16 Å². The minimum atomic E-state index is -0.784. The number of fused-ring (bicyclic) bond motifs is 1. The topological polar surface area (TPSA) is 68.1 Å². The summed E-state index contributed by atoms with van der Waals surface area (Å²) in [4.78, 5) is 17.2. The van der Waals surface area contributed by atoms with Crippen molar-refractivity contribution in [3.63, 3.8) is 0 Å². The Morgan fingerprint density at radius 1 is 1.09 bits per heavy atom. The van der Waals surface area contributed by atoms with Gasteiger partial charge in [-0.05, 0) is 11.6 Å². The van der Waals surface area contributed by atoms with Crippen LogP contribution < -0.4 is 0 Å². The molecule has 1 N–H and O–H groups in total. The van der Waals surface area contributed by atoms with Gasteiger partial charge in [0.2, 0.25) is 0 Å². The Kier molecular flexibility index (Phi) is 4.21. The molecule has 2 aromatic rings. The van der Waals surface area contributed by atoms with E-state index in [0.29, 0.717) is 22.4 Å². The van der Waals surface area contributed by atoms with Gasteiger partial charge in [0, 0.05) is 11.1 Å². The van der Waals surface area contributed by atoms with E-state index in [4.69, 9.17) is 9.57 Å². The fraction of sp³-hybridized carbons (Fsp3) is 0.111. The highest BCUT2D eigenvalue weighted by Gasteiger charge is 2.26. The molecule has 1 atom stereocenters. The molecule has 116 valence electrons. The Morgan fingerprint density at radius 3 is 2.52 bits per heavy atom. The van der Waals surface area contributed by atoms with Crippen molar-refractivity contribution in [3.8, 4) is 0 Å². The van der Waals surface area contributed by atoms with Crippen molar-refractivity contribution in [2.45, 2.75) is 6.10 Å². The molecule has 5 heteroatoms. The molecule has 0 fully saturated rings. The van der Waals surface area contributed by atoms with Crippen molar-refractivity contribution in [1.82, 2.24) is 0 Å². The third-order valence-electron chi connectivity index (χ3n) is 3.48. The van der Waals surface area contributed by atoms with E-state index < -0.39 is 12.1 Å². The van der Waals surface area contributed by atoms with Crippen LogP contribution in [0.5, 0.6) is 0 Å². The maximum Gasteiger partial charge on any atom is 0.366 e. The summed E-state index contributed by atoms with van der Waals surface area (Å²) in [6, 6.07) is 16.1. The first kappa shape index (κ1) is 15.0. The van der Waals surface area contributed by atoms with Gasteiger partial charge < -0.3 is 14.7 Å². The normalized spacial score (nSPS) is 16.5. The molecular formula is C18H15NO4. The summed E-state index contributed by atoms with van der Waals surface area (Å²) in [5, 5.41) is 13.8. The number of aliphatic hydroxyl groups is 1. The van der Waals surface area contributed by atoms with Gasteiger partial charge in [0.05, 0.1) is 0 Å². The molecule has 0 bridgehead atoms. The number of ether oxygens (including phenoxy) is 1. The molecule has 3 rings (SSSR count). The third-order valence-corrected chi connectivity index (χ3v) is 3.48. The summed E-state index contributed by atoms with van der Waals surface area (Å²) in [7, 11) is 1.37. The Morgan fingerprint density at radius 2 is 1.78 bits per heavy atom. The second-order valence-corrected chi connectivity index (χ2v) is 4.94. The van der Waals surface area contributed by atoms with Crippen LogP contribution in [-0.2, 0) is 14.4 Å². The Hall–Kier alpha value is -2.92. The second kappa shape index (κ2) is 6.46. The number of benzene rings is 2. The van der Waals surface area contributed by atoms with Gasteiger partial charge in [0.1, 0.15) is 19.0 Å². The molecule has 0 saturated heterocycles. The molecule has 2 aromatic carbocycles. The summed E-state index contributed by atoms with van der Waals surface area (Å²) in [5.41, 5.74) is 2.05. The van der Waals surface area contributed by atoms with Gasteiger partial charge in [-0.1, -0.05) is 59.8 Å². The quantitative estimate of drug-likeness (QED) is 0.535. The Balaban J connectivity index is 1.87. The predicted octanol–water partition coefficient (Wildman–Crippen LogP) is 2.67. The van der Waals surface area contributed by atoms with Crippen molar-refractivity contribution >= 4 is 17.4 Å². The van der Waals surface area contributed by atoms with Gasteiger partial charge in [0.15, 0.2) is 5.71 Å². The van der Waals surface area contributed by atoms with Gasteiger partial charge >= 0.3 is 5.97 Å². The van der Waals surface area contributed by atoms with E-state index in [1.807, 2.05) is 18.2 Å². The van der Waals surface area contributed by atoms with E-state index in [9.17, 15) is 9.90 Å². The number of hydrogen-bond donors (Lipinski definition) is 1. The minimum absolute atomic E-state index is 0.0628. The van der Waals surface area contributed by atoms with Crippen molar-refractivity contribution in [1.29, 1.82) is 0 Å². The fourth-order valence-corrected chi connectivity index (χ4v) is 2.43. The number of nitrogens with zero attached hydrogens (tertiary/aromatic N) is 1. The smallest absolute Gasteiger partial charge is 0.366 e. The molecular weight excluding hydrogens is 294 g/mol. The summed E-state index contributed by atoms with van der Waals surface area (Å²) >= 11 is 0. The van der Waals surface area contributed by atoms with Gasteiger partial charge in [-0.25, -0.2) is 4.79 Å². The maximum atomic E-state index is 12.5. The SMILES string of the molecule is CO/N=C(\C(=O)OC1=CC(O)c2ccccc21)c1ccccc1. The minimum Gasteiger partial charge on any atom is -0.421 e. The highest BCUT2D eigenvalue weighted by atomic mass is 16.6. The van der Waals surface area contributed by atoms with E-state index in [0.717, 1.165) is 0 Å². The molecule has 0 radical (unpaired) electrons. The van der Waals surface area contributed by atoms with E-state index in [1.165, 1.54) is 13.2 Å². The number of rotatable bonds is 4. The second-order valence-electron chi connectivity index (χ2n) is 4.94. The third kappa shape index (κ3) is 3.00. The van der Waals surface area contributed by atoms with Crippen LogP contribution in [0.2, 0.25) is 0 Å². The standard InChI is InChI=1S/C18H15NO4/c1-22-19-17(12-7-3-2-4-8-12)18(21)23-16-11-15(20)13-9-5-6-10-14(13)16/h2-11,15,20H,1H3/b19-17-. The molecule has 1 unspecified atom stereocenters. The van der Waals surface area contributed by atoms with Crippen LogP contribution in [0.3, 0.4) is 0 Å². The molecule has 1 aliphatic rings. The highest BCUT2D eigenvalue weighted by molar-refractivity contribution is 6.43. The molecule has 5 nitrogen and oxygen atoms in total. The van der Waals surface area contributed by atoms with Crippen molar-refractivity contribution in [3.05, 3.63) is 77.4 Å². The Labute approximate surface area is 133 Å². The summed E-state index contributed by atoms with van der Waals surface area (Å²) in [6.45, 7) is 0. The van der Waals surface area contributed by atoms with E-state index >= 15 is 0 Å². The van der Waals surface area contributed by atoms with Crippen molar-refractivity contribution < 1.29 is 19.5 Å². The highest BCUT2D eigenvalue weighted by Crippen LogP contribution is 2.34. The maximum absolute atomic E-state index is 12.5. The van der Waals surface area contributed by atoms with Crippen LogP contribution in [0.25, 0.3) is 5.76 Å². The average Bonchev–Trinajstić information content (AvgIpc) is 2.90. The summed E-state index contributed by atoms with van der Waals surface area (Å²) in [6.07, 6.45) is 0.714. The van der Waals surface area contributed by atoms with Crippen molar-refractivity contribution in [2.75, 3.05) is 7.11 Å². The van der Waals surface area contributed by atoms with Gasteiger partial charge in [0.25, 0.3) is 0 Å². The van der Waals surface area contributed by atoms with Crippen LogP contribution in [0.15, 0.2) is 65.8 Å². The lowest BCUT2D eigenvalue weighted by Crippen LogP contribution is -2.18. The number of oxime groups is 1. The fourth-order valence-electron chi connectivity index (χ4n) is 2.43. The molecule has 0 aromatic heterocycles. The molecule has 0 heterocycles. The lowest BCUT2D eigenvalue weighted by atomic mass is 10.1. The largest absolute Gasteiger partial charge is 0.421 e. The first-order valence-corrected chi connectivity index (χ1v) is 7.08. The summed E-state index contributed by atoms with van der Waals surface area (Å²) < 4.78 is 5.43. The van der Waals surface area contributed by atoms with Gasteiger partial charge in [-0.15, -0.1) is 0 Å².